The number of hydrogen-bond donors (Lipinski definition) is 0. The van der Waals surface area contributed by atoms with Crippen LogP contribution in [0.4, 0.5) is 0 Å². The maximum atomic E-state index is 11.7. The number of thioether (sulfide) groups is 1. The molecule has 0 saturated heterocycles. The van der Waals surface area contributed by atoms with Gasteiger partial charge in [0.1, 0.15) is 0 Å². The van der Waals surface area contributed by atoms with Crippen molar-refractivity contribution in [1.29, 1.82) is 0 Å². The molecule has 4 nitrogen and oxygen atoms in total. The zero-order valence-corrected chi connectivity index (χ0v) is 12.6. The lowest BCUT2D eigenvalue weighted by Gasteiger charge is -2.00. The van der Waals surface area contributed by atoms with E-state index in [0.29, 0.717) is 10.7 Å². The number of esters is 1. The predicted molar refractivity (Wildman–Crippen MR) is 82.2 cm³/mol. The molecule has 0 N–H and O–H groups in total. The lowest BCUT2D eigenvalue weighted by molar-refractivity contribution is 0.0556. The van der Waals surface area contributed by atoms with Crippen LogP contribution in [0.1, 0.15) is 21.6 Å². The molecule has 0 saturated carbocycles. The van der Waals surface area contributed by atoms with Gasteiger partial charge in [0.05, 0.1) is 16.8 Å². The Morgan fingerprint density at radius 3 is 2.76 bits per heavy atom. The van der Waals surface area contributed by atoms with Gasteiger partial charge in [0.2, 0.25) is 0 Å². The van der Waals surface area contributed by atoms with Crippen molar-refractivity contribution in [2.45, 2.75) is 12.1 Å². The van der Waals surface area contributed by atoms with E-state index in [0.717, 1.165) is 11.3 Å². The molecular formula is C16H14N2O2S. The largest absolute Gasteiger partial charge is 0.449 e. The lowest BCUT2D eigenvalue weighted by Crippen LogP contribution is -2.04. The van der Waals surface area contributed by atoms with Crippen molar-refractivity contribution in [1.82, 2.24) is 9.97 Å². The smallest absolute Gasteiger partial charge is 0.339 e. The van der Waals surface area contributed by atoms with E-state index in [9.17, 15) is 4.79 Å². The molecule has 0 aliphatic heterocycles. The van der Waals surface area contributed by atoms with E-state index in [1.807, 2.05) is 19.2 Å². The molecule has 0 unspecified atom stereocenters. The average molecular weight is 298 g/mol. The second-order valence-corrected chi connectivity index (χ2v) is 4.87. The van der Waals surface area contributed by atoms with Gasteiger partial charge in [0.15, 0.2) is 11.8 Å². The Labute approximate surface area is 128 Å². The monoisotopic (exact) mass is 298 g/mol. The molecule has 0 radical (unpaired) electrons. The number of carbonyl (C=O) groups is 1. The normalized spacial score (nSPS) is 9.62. The molecule has 0 atom stereocenters. The van der Waals surface area contributed by atoms with Crippen LogP contribution < -0.4 is 0 Å². The zero-order chi connectivity index (χ0) is 15.1. The molecular weight excluding hydrogens is 284 g/mol. The number of ether oxygens (including phenoxy) is 1. The van der Waals surface area contributed by atoms with Gasteiger partial charge in [0, 0.05) is 6.20 Å². The van der Waals surface area contributed by atoms with Crippen molar-refractivity contribution in [3.8, 4) is 11.8 Å². The first kappa shape index (κ1) is 15.1. The van der Waals surface area contributed by atoms with E-state index in [-0.39, 0.29) is 12.6 Å². The van der Waals surface area contributed by atoms with Crippen LogP contribution in [0.15, 0.2) is 41.7 Å². The van der Waals surface area contributed by atoms with Gasteiger partial charge in [-0.05, 0) is 25.3 Å². The number of nitrogens with zero attached hydrogens (tertiary/aromatic N) is 2. The lowest BCUT2D eigenvalue weighted by atomic mass is 10.2. The van der Waals surface area contributed by atoms with E-state index in [2.05, 4.69) is 21.8 Å². The maximum absolute atomic E-state index is 11.7. The molecule has 21 heavy (non-hydrogen) atoms. The maximum Gasteiger partial charge on any atom is 0.339 e. The SMILES string of the molecule is CSc1ncc(C#CCOC(=O)c2ccccc2)c(C)n1. The standard InChI is InChI=1S/C16H14N2O2S/c1-12-14(11-17-16(18-12)21-2)9-6-10-20-15(19)13-7-4-3-5-8-13/h3-5,7-8,11H,10H2,1-2H3. The summed E-state index contributed by atoms with van der Waals surface area (Å²) in [5.74, 6) is 5.33. The van der Waals surface area contributed by atoms with Gasteiger partial charge < -0.3 is 4.74 Å². The minimum absolute atomic E-state index is 0.0391. The second kappa shape index (κ2) is 7.46. The van der Waals surface area contributed by atoms with E-state index in [1.54, 1.807) is 30.5 Å². The molecule has 2 aromatic rings. The van der Waals surface area contributed by atoms with E-state index in [1.165, 1.54) is 11.8 Å². The molecule has 0 bridgehead atoms. The van der Waals surface area contributed by atoms with Gasteiger partial charge in [-0.25, -0.2) is 14.8 Å². The molecule has 0 aliphatic rings. The first-order valence-corrected chi connectivity index (χ1v) is 7.52. The van der Waals surface area contributed by atoms with Crippen molar-refractivity contribution in [3.05, 3.63) is 53.3 Å². The zero-order valence-electron chi connectivity index (χ0n) is 11.8. The van der Waals surface area contributed by atoms with E-state index in [4.69, 9.17) is 4.74 Å². The first-order valence-electron chi connectivity index (χ1n) is 6.29. The van der Waals surface area contributed by atoms with Crippen LogP contribution in [0.2, 0.25) is 0 Å². The van der Waals surface area contributed by atoms with Crippen molar-refractivity contribution < 1.29 is 9.53 Å². The minimum Gasteiger partial charge on any atom is -0.449 e. The van der Waals surface area contributed by atoms with Gasteiger partial charge in [-0.2, -0.15) is 0 Å². The van der Waals surface area contributed by atoms with Crippen molar-refractivity contribution >= 4 is 17.7 Å². The first-order chi connectivity index (χ1) is 10.2. The number of rotatable bonds is 3. The quantitative estimate of drug-likeness (QED) is 0.377. The van der Waals surface area contributed by atoms with E-state index < -0.39 is 0 Å². The minimum atomic E-state index is -0.379. The Morgan fingerprint density at radius 2 is 2.10 bits per heavy atom. The van der Waals surface area contributed by atoms with Crippen LogP contribution in [0.5, 0.6) is 0 Å². The molecule has 1 aromatic carbocycles. The van der Waals surface area contributed by atoms with Crippen LogP contribution in [-0.4, -0.2) is 28.8 Å². The highest BCUT2D eigenvalue weighted by atomic mass is 32.2. The third-order valence-electron chi connectivity index (χ3n) is 2.65. The van der Waals surface area contributed by atoms with Crippen LogP contribution >= 0.6 is 11.8 Å². The molecule has 0 aliphatic carbocycles. The third kappa shape index (κ3) is 4.33. The van der Waals surface area contributed by atoms with Crippen molar-refractivity contribution in [2.75, 3.05) is 12.9 Å². The Morgan fingerprint density at radius 1 is 1.33 bits per heavy atom. The third-order valence-corrected chi connectivity index (χ3v) is 3.21. The average Bonchev–Trinajstić information content (AvgIpc) is 2.53. The van der Waals surface area contributed by atoms with Gasteiger partial charge in [-0.15, -0.1) is 0 Å². The Balaban J connectivity index is 1.94. The van der Waals surface area contributed by atoms with Crippen LogP contribution in [0.3, 0.4) is 0 Å². The summed E-state index contributed by atoms with van der Waals surface area (Å²) in [4.78, 5) is 20.1. The predicted octanol–water partition coefficient (Wildman–Crippen LogP) is 2.72. The summed E-state index contributed by atoms with van der Waals surface area (Å²) >= 11 is 1.48. The highest BCUT2D eigenvalue weighted by Crippen LogP contribution is 2.10. The molecule has 1 heterocycles. The fourth-order valence-electron chi connectivity index (χ4n) is 1.56. The summed E-state index contributed by atoms with van der Waals surface area (Å²) < 4.78 is 5.08. The summed E-state index contributed by atoms with van der Waals surface area (Å²) in [7, 11) is 0. The fraction of sp³-hybridized carbons (Fsp3) is 0.188. The topological polar surface area (TPSA) is 52.1 Å². The van der Waals surface area contributed by atoms with Crippen LogP contribution in [-0.2, 0) is 4.74 Å². The Kier molecular flexibility index (Phi) is 5.35. The highest BCUT2D eigenvalue weighted by molar-refractivity contribution is 7.98. The summed E-state index contributed by atoms with van der Waals surface area (Å²) in [6.07, 6.45) is 3.60. The number of benzene rings is 1. The summed E-state index contributed by atoms with van der Waals surface area (Å²) in [6.45, 7) is 1.92. The number of aryl methyl sites for hydroxylation is 1. The van der Waals surface area contributed by atoms with Crippen LogP contribution in [0, 0.1) is 18.8 Å². The number of aromatic nitrogens is 2. The van der Waals surface area contributed by atoms with Gasteiger partial charge in [0.25, 0.3) is 0 Å². The Hall–Kier alpha value is -2.32. The highest BCUT2D eigenvalue weighted by Gasteiger charge is 2.04. The summed E-state index contributed by atoms with van der Waals surface area (Å²) in [5.41, 5.74) is 2.07. The van der Waals surface area contributed by atoms with E-state index >= 15 is 0 Å². The molecule has 0 fully saturated rings. The molecule has 0 spiro atoms. The molecule has 106 valence electrons. The molecule has 1 aromatic heterocycles. The van der Waals surface area contributed by atoms with Crippen LogP contribution in [0.25, 0.3) is 0 Å². The molecule has 0 amide bonds. The second-order valence-electron chi connectivity index (χ2n) is 4.10. The summed E-state index contributed by atoms with van der Waals surface area (Å²) in [6, 6.07) is 8.83. The fourth-order valence-corrected chi connectivity index (χ4v) is 1.94. The van der Waals surface area contributed by atoms with Gasteiger partial charge in [-0.1, -0.05) is 41.8 Å². The molecule has 5 heteroatoms. The number of hydrogen-bond acceptors (Lipinski definition) is 5. The van der Waals surface area contributed by atoms with Crippen molar-refractivity contribution in [2.24, 2.45) is 0 Å². The summed E-state index contributed by atoms with van der Waals surface area (Å²) in [5, 5.41) is 0.716. The number of carbonyl (C=O) groups excluding carboxylic acids is 1. The van der Waals surface area contributed by atoms with Crippen molar-refractivity contribution in [3.63, 3.8) is 0 Å². The van der Waals surface area contributed by atoms with Gasteiger partial charge in [-0.3, -0.25) is 0 Å². The van der Waals surface area contributed by atoms with Gasteiger partial charge >= 0.3 is 5.97 Å². The molecule has 2 rings (SSSR count). The Bertz CT molecular complexity index is 690.